The van der Waals surface area contributed by atoms with Gasteiger partial charge in [0.2, 0.25) is 5.91 Å². The van der Waals surface area contributed by atoms with Crippen molar-refractivity contribution < 1.29 is 4.79 Å². The van der Waals surface area contributed by atoms with Crippen molar-refractivity contribution in [3.63, 3.8) is 0 Å². The van der Waals surface area contributed by atoms with Crippen LogP contribution in [0.2, 0.25) is 0 Å². The first-order valence-electron chi connectivity index (χ1n) is 5.01. The SMILES string of the molecule is CC(C)NCC(=O)NC(C)c1nccs1. The van der Waals surface area contributed by atoms with Crippen molar-refractivity contribution in [2.45, 2.75) is 32.9 Å². The van der Waals surface area contributed by atoms with Gasteiger partial charge in [0, 0.05) is 17.6 Å². The third kappa shape index (κ3) is 4.40. The highest BCUT2D eigenvalue weighted by molar-refractivity contribution is 7.09. The van der Waals surface area contributed by atoms with E-state index in [1.165, 1.54) is 0 Å². The van der Waals surface area contributed by atoms with Gasteiger partial charge >= 0.3 is 0 Å². The lowest BCUT2D eigenvalue weighted by Crippen LogP contribution is -2.37. The summed E-state index contributed by atoms with van der Waals surface area (Å²) < 4.78 is 0. The van der Waals surface area contributed by atoms with Gasteiger partial charge in [-0.15, -0.1) is 11.3 Å². The van der Waals surface area contributed by atoms with Gasteiger partial charge in [-0.3, -0.25) is 4.79 Å². The molecule has 1 amide bonds. The van der Waals surface area contributed by atoms with E-state index in [1.807, 2.05) is 26.2 Å². The van der Waals surface area contributed by atoms with E-state index in [4.69, 9.17) is 0 Å². The lowest BCUT2D eigenvalue weighted by atomic mass is 10.3. The Balaban J connectivity index is 2.32. The molecule has 0 aliphatic heterocycles. The lowest BCUT2D eigenvalue weighted by molar-refractivity contribution is -0.121. The first-order valence-corrected chi connectivity index (χ1v) is 5.89. The summed E-state index contributed by atoms with van der Waals surface area (Å²) in [5, 5.41) is 8.80. The highest BCUT2D eigenvalue weighted by Gasteiger charge is 2.11. The molecule has 0 spiro atoms. The topological polar surface area (TPSA) is 54.0 Å². The monoisotopic (exact) mass is 227 g/mol. The molecule has 1 rings (SSSR count). The van der Waals surface area contributed by atoms with Crippen molar-refractivity contribution in [3.05, 3.63) is 16.6 Å². The maximum absolute atomic E-state index is 11.5. The summed E-state index contributed by atoms with van der Waals surface area (Å²) in [5.41, 5.74) is 0. The molecular formula is C10H17N3OS. The Morgan fingerprint density at radius 2 is 2.27 bits per heavy atom. The molecule has 1 unspecified atom stereocenters. The Morgan fingerprint density at radius 1 is 1.53 bits per heavy atom. The molecule has 5 heteroatoms. The van der Waals surface area contributed by atoms with Crippen LogP contribution in [0.3, 0.4) is 0 Å². The minimum Gasteiger partial charge on any atom is -0.346 e. The summed E-state index contributed by atoms with van der Waals surface area (Å²) in [4.78, 5) is 15.6. The molecular weight excluding hydrogens is 210 g/mol. The van der Waals surface area contributed by atoms with Crippen LogP contribution >= 0.6 is 11.3 Å². The van der Waals surface area contributed by atoms with Gasteiger partial charge in [0.25, 0.3) is 0 Å². The zero-order chi connectivity index (χ0) is 11.3. The van der Waals surface area contributed by atoms with Crippen LogP contribution in [0.4, 0.5) is 0 Å². The maximum Gasteiger partial charge on any atom is 0.234 e. The molecule has 0 radical (unpaired) electrons. The first-order chi connectivity index (χ1) is 7.09. The standard InChI is InChI=1S/C10H17N3OS/c1-7(2)12-6-9(14)13-8(3)10-11-4-5-15-10/h4-5,7-8,12H,6H2,1-3H3,(H,13,14). The van der Waals surface area contributed by atoms with Crippen LogP contribution < -0.4 is 10.6 Å². The van der Waals surface area contributed by atoms with Gasteiger partial charge in [0.1, 0.15) is 5.01 Å². The first kappa shape index (κ1) is 12.1. The minimum atomic E-state index is -0.00791. The number of amides is 1. The van der Waals surface area contributed by atoms with E-state index < -0.39 is 0 Å². The van der Waals surface area contributed by atoms with E-state index in [1.54, 1.807) is 17.5 Å². The van der Waals surface area contributed by atoms with Gasteiger partial charge in [-0.2, -0.15) is 0 Å². The van der Waals surface area contributed by atoms with E-state index >= 15 is 0 Å². The summed E-state index contributed by atoms with van der Waals surface area (Å²) in [7, 11) is 0. The van der Waals surface area contributed by atoms with Crippen LogP contribution in [-0.2, 0) is 4.79 Å². The molecule has 0 bridgehead atoms. The fourth-order valence-electron chi connectivity index (χ4n) is 1.10. The molecule has 1 aromatic rings. The Kier molecular flexibility index (Phi) is 4.71. The lowest BCUT2D eigenvalue weighted by Gasteiger charge is -2.12. The van der Waals surface area contributed by atoms with Crippen LogP contribution in [-0.4, -0.2) is 23.5 Å². The summed E-state index contributed by atoms with van der Waals surface area (Å²) in [6.07, 6.45) is 1.75. The van der Waals surface area contributed by atoms with Gasteiger partial charge in [-0.1, -0.05) is 13.8 Å². The Bertz CT molecular complexity index is 298. The number of thiazole rings is 1. The second-order valence-corrected chi connectivity index (χ2v) is 4.62. The molecule has 84 valence electrons. The van der Waals surface area contributed by atoms with Crippen LogP contribution in [0.1, 0.15) is 31.8 Å². The van der Waals surface area contributed by atoms with Gasteiger partial charge in [-0.25, -0.2) is 4.98 Å². The van der Waals surface area contributed by atoms with E-state index in [2.05, 4.69) is 15.6 Å². The van der Waals surface area contributed by atoms with Crippen molar-refractivity contribution >= 4 is 17.2 Å². The molecule has 0 aliphatic carbocycles. The third-order valence-electron chi connectivity index (χ3n) is 1.87. The van der Waals surface area contributed by atoms with Gasteiger partial charge < -0.3 is 10.6 Å². The molecule has 0 fully saturated rings. The van der Waals surface area contributed by atoms with Crippen LogP contribution in [0.25, 0.3) is 0 Å². The molecule has 0 aliphatic rings. The minimum absolute atomic E-state index is 0.00593. The van der Waals surface area contributed by atoms with E-state index in [0.717, 1.165) is 5.01 Å². The van der Waals surface area contributed by atoms with E-state index in [9.17, 15) is 4.79 Å². The molecule has 4 nitrogen and oxygen atoms in total. The fourth-order valence-corrected chi connectivity index (χ4v) is 1.75. The predicted octanol–water partition coefficient (Wildman–Crippen LogP) is 1.32. The average molecular weight is 227 g/mol. The third-order valence-corrected chi connectivity index (χ3v) is 2.83. The van der Waals surface area contributed by atoms with Crippen molar-refractivity contribution in [2.24, 2.45) is 0 Å². The van der Waals surface area contributed by atoms with Crippen molar-refractivity contribution in [1.29, 1.82) is 0 Å². The number of hydrogen-bond donors (Lipinski definition) is 2. The number of hydrogen-bond acceptors (Lipinski definition) is 4. The summed E-state index contributed by atoms with van der Waals surface area (Å²) in [5.74, 6) is 0.00593. The van der Waals surface area contributed by atoms with Crippen LogP contribution in [0.15, 0.2) is 11.6 Å². The second kappa shape index (κ2) is 5.82. The Morgan fingerprint density at radius 3 is 2.80 bits per heavy atom. The smallest absolute Gasteiger partial charge is 0.234 e. The quantitative estimate of drug-likeness (QED) is 0.797. The molecule has 1 atom stereocenters. The van der Waals surface area contributed by atoms with Gasteiger partial charge in [0.15, 0.2) is 0 Å². The fraction of sp³-hybridized carbons (Fsp3) is 0.600. The average Bonchev–Trinajstić information content (AvgIpc) is 2.67. The van der Waals surface area contributed by atoms with E-state index in [-0.39, 0.29) is 11.9 Å². The maximum atomic E-state index is 11.5. The summed E-state index contributed by atoms with van der Waals surface area (Å²) >= 11 is 1.55. The molecule has 15 heavy (non-hydrogen) atoms. The van der Waals surface area contributed by atoms with Crippen molar-refractivity contribution in [2.75, 3.05) is 6.54 Å². The molecule has 2 N–H and O–H groups in total. The molecule has 0 saturated heterocycles. The normalized spacial score (nSPS) is 12.8. The molecule has 0 aromatic carbocycles. The van der Waals surface area contributed by atoms with Gasteiger partial charge in [-0.05, 0) is 6.92 Å². The summed E-state index contributed by atoms with van der Waals surface area (Å²) in [6, 6.07) is 0.317. The zero-order valence-corrected chi connectivity index (χ0v) is 10.1. The summed E-state index contributed by atoms with van der Waals surface area (Å²) in [6.45, 7) is 6.31. The Hall–Kier alpha value is -0.940. The van der Waals surface area contributed by atoms with Crippen molar-refractivity contribution in [3.8, 4) is 0 Å². The van der Waals surface area contributed by atoms with E-state index in [0.29, 0.717) is 12.6 Å². The molecule has 0 saturated carbocycles. The number of rotatable bonds is 5. The highest BCUT2D eigenvalue weighted by Crippen LogP contribution is 2.13. The predicted molar refractivity (Wildman–Crippen MR) is 61.8 cm³/mol. The number of nitrogens with zero attached hydrogens (tertiary/aromatic N) is 1. The number of carbonyl (C=O) groups excluding carboxylic acids is 1. The highest BCUT2D eigenvalue weighted by atomic mass is 32.1. The van der Waals surface area contributed by atoms with Crippen LogP contribution in [0, 0.1) is 0 Å². The number of nitrogens with one attached hydrogen (secondary N) is 2. The number of carbonyl (C=O) groups is 1. The molecule has 1 aromatic heterocycles. The Labute approximate surface area is 94.1 Å². The second-order valence-electron chi connectivity index (χ2n) is 3.70. The number of aromatic nitrogens is 1. The zero-order valence-electron chi connectivity index (χ0n) is 9.28. The largest absolute Gasteiger partial charge is 0.346 e. The van der Waals surface area contributed by atoms with Gasteiger partial charge in [0.05, 0.1) is 12.6 Å². The molecule has 1 heterocycles. The van der Waals surface area contributed by atoms with Crippen molar-refractivity contribution in [1.82, 2.24) is 15.6 Å². The van der Waals surface area contributed by atoms with Crippen LogP contribution in [0.5, 0.6) is 0 Å².